The molecule has 0 bridgehead atoms. The van der Waals surface area contributed by atoms with Gasteiger partial charge >= 0.3 is 5.97 Å². The van der Waals surface area contributed by atoms with Gasteiger partial charge in [0.2, 0.25) is 5.95 Å². The van der Waals surface area contributed by atoms with Gasteiger partial charge in [0.05, 0.1) is 0 Å². The van der Waals surface area contributed by atoms with Gasteiger partial charge in [-0.1, -0.05) is 0 Å². The Morgan fingerprint density at radius 3 is 3.00 bits per heavy atom. The average Bonchev–Trinajstić information content (AvgIpc) is 2.72. The molecule has 0 aromatic carbocycles. The Kier molecular flexibility index (Phi) is 3.52. The monoisotopic (exact) mass is 247 g/mol. The van der Waals surface area contributed by atoms with Crippen molar-refractivity contribution in [3.8, 4) is 0 Å². The summed E-state index contributed by atoms with van der Waals surface area (Å²) >= 11 is 0. The molecule has 94 valence electrons. The lowest BCUT2D eigenvalue weighted by Gasteiger charge is -2.05. The van der Waals surface area contributed by atoms with E-state index in [0.717, 1.165) is 11.1 Å². The largest absolute Gasteiger partial charge is 0.459 e. The van der Waals surface area contributed by atoms with E-state index >= 15 is 0 Å². The van der Waals surface area contributed by atoms with E-state index in [1.54, 1.807) is 12.4 Å². The molecule has 0 spiro atoms. The highest BCUT2D eigenvalue weighted by Gasteiger charge is 2.06. The number of hydrogen-bond acceptors (Lipinski definition) is 6. The van der Waals surface area contributed by atoms with Crippen LogP contribution < -0.4 is 5.73 Å². The minimum Gasteiger partial charge on any atom is -0.459 e. The predicted molar refractivity (Wildman–Crippen MR) is 63.2 cm³/mol. The molecule has 7 heteroatoms. The smallest absolute Gasteiger partial charge is 0.328 e. The molecule has 0 saturated heterocycles. The first-order valence-corrected chi connectivity index (χ1v) is 5.34. The Bertz CT molecular complexity index is 552. The number of aryl methyl sites for hydroxylation is 1. The van der Waals surface area contributed by atoms with E-state index in [1.165, 1.54) is 11.0 Å². The first kappa shape index (κ1) is 12.0. The normalized spacial score (nSPS) is 10.3. The van der Waals surface area contributed by atoms with Crippen LogP contribution >= 0.6 is 0 Å². The summed E-state index contributed by atoms with van der Waals surface area (Å²) in [5.74, 6) is -0.271. The standard InChI is InChI=1S/C11H13N5O2/c1-8-2-9(4-13-3-8)6-18-10(17)5-16-7-14-11(12)15-16/h2-4,7H,5-6H2,1H3,(H2,12,15). The fourth-order valence-electron chi connectivity index (χ4n) is 1.42. The molecule has 0 aliphatic rings. The van der Waals surface area contributed by atoms with Crippen molar-refractivity contribution in [1.29, 1.82) is 0 Å². The Morgan fingerprint density at radius 2 is 2.33 bits per heavy atom. The third-order valence-electron chi connectivity index (χ3n) is 2.18. The van der Waals surface area contributed by atoms with Crippen molar-refractivity contribution in [1.82, 2.24) is 19.7 Å². The quantitative estimate of drug-likeness (QED) is 0.781. The molecule has 2 aromatic rings. The second kappa shape index (κ2) is 5.26. The van der Waals surface area contributed by atoms with Gasteiger partial charge in [0.15, 0.2) is 0 Å². The zero-order chi connectivity index (χ0) is 13.0. The maximum atomic E-state index is 11.5. The van der Waals surface area contributed by atoms with E-state index in [-0.39, 0.29) is 19.1 Å². The molecule has 2 rings (SSSR count). The molecular weight excluding hydrogens is 234 g/mol. The number of rotatable bonds is 4. The minimum atomic E-state index is -0.401. The van der Waals surface area contributed by atoms with Gasteiger partial charge in [-0.25, -0.2) is 9.67 Å². The molecule has 0 aliphatic heterocycles. The number of nitrogens with two attached hydrogens (primary N) is 1. The second-order valence-electron chi connectivity index (χ2n) is 3.83. The van der Waals surface area contributed by atoms with Gasteiger partial charge in [0, 0.05) is 18.0 Å². The number of esters is 1. The van der Waals surface area contributed by atoms with Gasteiger partial charge < -0.3 is 10.5 Å². The van der Waals surface area contributed by atoms with Crippen LogP contribution in [-0.2, 0) is 22.7 Å². The molecule has 7 nitrogen and oxygen atoms in total. The van der Waals surface area contributed by atoms with Gasteiger partial charge in [-0.05, 0) is 18.6 Å². The SMILES string of the molecule is Cc1cncc(COC(=O)Cn2cnc(N)n2)c1. The van der Waals surface area contributed by atoms with Crippen molar-refractivity contribution >= 4 is 11.9 Å². The van der Waals surface area contributed by atoms with E-state index in [2.05, 4.69) is 15.1 Å². The molecule has 0 fully saturated rings. The first-order chi connectivity index (χ1) is 8.63. The van der Waals surface area contributed by atoms with E-state index < -0.39 is 5.97 Å². The van der Waals surface area contributed by atoms with Gasteiger partial charge in [-0.3, -0.25) is 9.78 Å². The highest BCUT2D eigenvalue weighted by Crippen LogP contribution is 2.03. The molecule has 0 aliphatic carbocycles. The minimum absolute atomic E-state index is 0.0105. The number of aromatic nitrogens is 4. The van der Waals surface area contributed by atoms with Gasteiger partial charge in [0.25, 0.3) is 0 Å². The third kappa shape index (κ3) is 3.27. The highest BCUT2D eigenvalue weighted by atomic mass is 16.5. The fraction of sp³-hybridized carbons (Fsp3) is 0.273. The van der Waals surface area contributed by atoms with E-state index in [1.807, 2.05) is 13.0 Å². The summed E-state index contributed by atoms with van der Waals surface area (Å²) in [5.41, 5.74) is 7.20. The molecule has 0 atom stereocenters. The summed E-state index contributed by atoms with van der Waals surface area (Å²) < 4.78 is 6.41. The Hall–Kier alpha value is -2.44. The Morgan fingerprint density at radius 1 is 1.50 bits per heavy atom. The first-order valence-electron chi connectivity index (χ1n) is 5.34. The molecule has 0 amide bonds. The zero-order valence-corrected chi connectivity index (χ0v) is 9.91. The van der Waals surface area contributed by atoms with Gasteiger partial charge in [-0.15, -0.1) is 5.10 Å². The van der Waals surface area contributed by atoms with Crippen LogP contribution in [0, 0.1) is 6.92 Å². The molecule has 18 heavy (non-hydrogen) atoms. The summed E-state index contributed by atoms with van der Waals surface area (Å²) in [6.45, 7) is 2.11. The number of carbonyl (C=O) groups excluding carboxylic acids is 1. The number of nitrogen functional groups attached to an aromatic ring is 1. The maximum absolute atomic E-state index is 11.5. The lowest BCUT2D eigenvalue weighted by Crippen LogP contribution is -2.14. The van der Waals surface area contributed by atoms with Crippen molar-refractivity contribution in [3.05, 3.63) is 35.9 Å². The van der Waals surface area contributed by atoms with Crippen LogP contribution in [0.4, 0.5) is 5.95 Å². The molecule has 2 aromatic heterocycles. The fourth-order valence-corrected chi connectivity index (χ4v) is 1.42. The van der Waals surface area contributed by atoms with Crippen molar-refractivity contribution in [2.24, 2.45) is 0 Å². The van der Waals surface area contributed by atoms with Crippen LogP contribution in [-0.4, -0.2) is 25.7 Å². The maximum Gasteiger partial charge on any atom is 0.328 e. The van der Waals surface area contributed by atoms with E-state index in [0.29, 0.717) is 0 Å². The van der Waals surface area contributed by atoms with Crippen molar-refractivity contribution < 1.29 is 9.53 Å². The number of ether oxygens (including phenoxy) is 1. The molecule has 2 heterocycles. The van der Waals surface area contributed by atoms with Crippen LogP contribution in [0.2, 0.25) is 0 Å². The topological polar surface area (TPSA) is 95.9 Å². The summed E-state index contributed by atoms with van der Waals surface area (Å²) in [7, 11) is 0. The lowest BCUT2D eigenvalue weighted by molar-refractivity contribution is -0.145. The molecule has 0 saturated carbocycles. The van der Waals surface area contributed by atoms with Crippen LogP contribution in [0.3, 0.4) is 0 Å². The van der Waals surface area contributed by atoms with E-state index in [4.69, 9.17) is 10.5 Å². The third-order valence-corrected chi connectivity index (χ3v) is 2.18. The van der Waals surface area contributed by atoms with Crippen molar-refractivity contribution in [2.75, 3.05) is 5.73 Å². The van der Waals surface area contributed by atoms with Crippen LogP contribution in [0.5, 0.6) is 0 Å². The van der Waals surface area contributed by atoms with E-state index in [9.17, 15) is 4.79 Å². The van der Waals surface area contributed by atoms with Crippen LogP contribution in [0.1, 0.15) is 11.1 Å². The van der Waals surface area contributed by atoms with Crippen LogP contribution in [0.15, 0.2) is 24.8 Å². The highest BCUT2D eigenvalue weighted by molar-refractivity contribution is 5.69. The second-order valence-corrected chi connectivity index (χ2v) is 3.83. The van der Waals surface area contributed by atoms with Crippen molar-refractivity contribution in [3.63, 3.8) is 0 Å². The molecule has 0 unspecified atom stereocenters. The number of hydrogen-bond donors (Lipinski definition) is 1. The number of pyridine rings is 1. The van der Waals surface area contributed by atoms with Crippen LogP contribution in [0.25, 0.3) is 0 Å². The van der Waals surface area contributed by atoms with Crippen molar-refractivity contribution in [2.45, 2.75) is 20.1 Å². The summed E-state index contributed by atoms with van der Waals surface area (Å²) in [6.07, 6.45) is 4.78. The van der Waals surface area contributed by atoms with Gasteiger partial charge in [-0.2, -0.15) is 0 Å². The summed E-state index contributed by atoms with van der Waals surface area (Å²) in [5, 5.41) is 3.79. The molecule has 0 radical (unpaired) electrons. The lowest BCUT2D eigenvalue weighted by atomic mass is 10.2. The zero-order valence-electron chi connectivity index (χ0n) is 9.91. The Balaban J connectivity index is 1.85. The number of nitrogens with zero attached hydrogens (tertiary/aromatic N) is 4. The molecule has 2 N–H and O–H groups in total. The Labute approximate surface area is 104 Å². The number of carbonyl (C=O) groups is 1. The number of anilines is 1. The predicted octanol–water partition coefficient (Wildman–Crippen LogP) is 0.307. The molecular formula is C11H13N5O2. The average molecular weight is 247 g/mol. The summed E-state index contributed by atoms with van der Waals surface area (Å²) in [6, 6.07) is 1.91. The summed E-state index contributed by atoms with van der Waals surface area (Å²) in [4.78, 5) is 19.2. The van der Waals surface area contributed by atoms with Gasteiger partial charge in [0.1, 0.15) is 19.5 Å².